The number of aromatic nitrogens is 1. The molecule has 6 atom stereocenters. The van der Waals surface area contributed by atoms with Crippen molar-refractivity contribution >= 4 is 33.2 Å². The Morgan fingerprint density at radius 3 is 2.73 bits per heavy atom. The lowest BCUT2D eigenvalue weighted by Gasteiger charge is -2.50. The van der Waals surface area contributed by atoms with E-state index in [4.69, 9.17) is 25.5 Å². The van der Waals surface area contributed by atoms with Gasteiger partial charge in [-0.05, 0) is 112 Å². The second-order valence-corrected chi connectivity index (χ2v) is 17.2. The van der Waals surface area contributed by atoms with Gasteiger partial charge >= 0.3 is 0 Å². The number of allylic oxidation sites excluding steroid dienone is 1. The molecule has 4 aliphatic rings. The van der Waals surface area contributed by atoms with Crippen LogP contribution in [0.15, 0.2) is 59.2 Å². The molecule has 0 radical (unpaired) electrons. The highest BCUT2D eigenvalue weighted by molar-refractivity contribution is 7.90. The highest BCUT2D eigenvalue weighted by Crippen LogP contribution is 2.49. The number of nitrogens with one attached hydrogen (secondary N) is 1. The largest absolute Gasteiger partial charge is 0.490 e. The zero-order chi connectivity index (χ0) is 34.6. The number of nitrogens with zero attached hydrogens (tertiary/aromatic N) is 2. The molecule has 3 heterocycles. The van der Waals surface area contributed by atoms with Crippen LogP contribution in [-0.2, 0) is 33.0 Å². The molecule has 7 rings (SSSR count). The highest BCUT2D eigenvalue weighted by atomic mass is 35.5. The summed E-state index contributed by atoms with van der Waals surface area (Å²) < 4.78 is 48.3. The van der Waals surface area contributed by atoms with Crippen molar-refractivity contribution in [1.29, 1.82) is 0 Å². The summed E-state index contributed by atoms with van der Waals surface area (Å²) in [4.78, 5) is 20.6. The molecule has 2 aromatic carbocycles. The van der Waals surface area contributed by atoms with Crippen molar-refractivity contribution in [3.63, 3.8) is 0 Å². The van der Waals surface area contributed by atoms with Crippen molar-refractivity contribution in [2.75, 3.05) is 31.7 Å². The van der Waals surface area contributed by atoms with E-state index < -0.39 is 26.8 Å². The van der Waals surface area contributed by atoms with Crippen LogP contribution in [0.3, 0.4) is 0 Å². The average Bonchev–Trinajstić information content (AvgIpc) is 3.40. The van der Waals surface area contributed by atoms with Gasteiger partial charge in [-0.3, -0.25) is 4.79 Å². The number of rotatable bonds is 3. The SMILES string of the molecule is CO[C@@]1(Cc2nc(C)co2)/C=C/C[C@H](C)[C@@H](C)S(=O)(=O)NC(=O)c2ccc3c(c2)N(C[C@@H]2CC[C@H]21)C[C@@]1(CCCc2cc(Cl)ccc21)CO3. The van der Waals surface area contributed by atoms with Crippen molar-refractivity contribution in [2.45, 2.75) is 82.0 Å². The van der Waals surface area contributed by atoms with Crippen LogP contribution in [0.25, 0.3) is 0 Å². The number of amides is 1. The van der Waals surface area contributed by atoms with Crippen LogP contribution < -0.4 is 14.4 Å². The van der Waals surface area contributed by atoms with Gasteiger partial charge in [0.25, 0.3) is 5.91 Å². The minimum Gasteiger partial charge on any atom is -0.490 e. The van der Waals surface area contributed by atoms with Crippen molar-refractivity contribution in [3.05, 3.63) is 88.1 Å². The number of hydrogen-bond donors (Lipinski definition) is 1. The first kappa shape index (κ1) is 34.1. The van der Waals surface area contributed by atoms with E-state index in [1.54, 1.807) is 32.4 Å². The summed E-state index contributed by atoms with van der Waals surface area (Å²) in [5.41, 5.74) is 3.41. The predicted octanol–water partition coefficient (Wildman–Crippen LogP) is 6.81. The lowest BCUT2D eigenvalue weighted by atomic mass is 9.63. The summed E-state index contributed by atoms with van der Waals surface area (Å²) in [7, 11) is -2.22. The summed E-state index contributed by atoms with van der Waals surface area (Å²) in [5.74, 6) is 0.819. The van der Waals surface area contributed by atoms with E-state index in [2.05, 4.69) is 32.8 Å². The summed E-state index contributed by atoms with van der Waals surface area (Å²) >= 11 is 6.46. The first-order chi connectivity index (χ1) is 23.4. The summed E-state index contributed by atoms with van der Waals surface area (Å²) in [6.07, 6.45) is 11.7. The minimum absolute atomic E-state index is 0.151. The number of oxazole rings is 1. The van der Waals surface area contributed by atoms with E-state index in [9.17, 15) is 13.2 Å². The van der Waals surface area contributed by atoms with Crippen molar-refractivity contribution in [3.8, 4) is 5.75 Å². The molecule has 1 fully saturated rings. The highest BCUT2D eigenvalue weighted by Gasteiger charge is 2.50. The molecular formula is C38H46ClN3O6S. The zero-order valence-electron chi connectivity index (χ0n) is 28.7. The Kier molecular flexibility index (Phi) is 9.11. The smallest absolute Gasteiger partial charge is 0.264 e. The number of ether oxygens (including phenoxy) is 2. The number of fused-ring (bicyclic) bond motifs is 4. The van der Waals surface area contributed by atoms with E-state index >= 15 is 0 Å². The van der Waals surface area contributed by atoms with Crippen molar-refractivity contribution in [2.24, 2.45) is 17.8 Å². The Hall–Kier alpha value is -3.34. The average molecular weight is 708 g/mol. The van der Waals surface area contributed by atoms with Crippen LogP contribution >= 0.6 is 11.6 Å². The Morgan fingerprint density at radius 2 is 2.00 bits per heavy atom. The van der Waals surface area contributed by atoms with E-state index in [0.29, 0.717) is 44.2 Å². The molecule has 0 saturated heterocycles. The van der Waals surface area contributed by atoms with Gasteiger partial charge in [0, 0.05) is 36.2 Å². The van der Waals surface area contributed by atoms with E-state index in [-0.39, 0.29) is 28.7 Å². The first-order valence-corrected chi connectivity index (χ1v) is 19.3. The van der Waals surface area contributed by atoms with Gasteiger partial charge in [0.15, 0.2) is 5.89 Å². The second kappa shape index (κ2) is 13.1. The number of anilines is 1. The van der Waals surface area contributed by atoms with Gasteiger partial charge in [-0.25, -0.2) is 18.1 Å². The maximum atomic E-state index is 13.6. The maximum Gasteiger partial charge on any atom is 0.264 e. The summed E-state index contributed by atoms with van der Waals surface area (Å²) in [5, 5.41) is -0.0762. The molecule has 2 aliphatic heterocycles. The van der Waals surface area contributed by atoms with Gasteiger partial charge in [-0.15, -0.1) is 0 Å². The van der Waals surface area contributed by atoms with Crippen LogP contribution in [-0.4, -0.2) is 57.0 Å². The molecule has 1 amide bonds. The molecule has 1 saturated carbocycles. The van der Waals surface area contributed by atoms with E-state index in [1.807, 2.05) is 32.1 Å². The molecule has 2 aliphatic carbocycles. The van der Waals surface area contributed by atoms with Gasteiger partial charge < -0.3 is 18.8 Å². The minimum atomic E-state index is -3.97. The van der Waals surface area contributed by atoms with Crippen molar-refractivity contribution in [1.82, 2.24) is 9.71 Å². The van der Waals surface area contributed by atoms with Crippen LogP contribution in [0.1, 0.15) is 79.0 Å². The molecule has 0 unspecified atom stereocenters. The molecule has 1 N–H and O–H groups in total. The third-order valence-corrected chi connectivity index (χ3v) is 13.9. The fourth-order valence-corrected chi connectivity index (χ4v) is 10.0. The monoisotopic (exact) mass is 707 g/mol. The Labute approximate surface area is 294 Å². The van der Waals surface area contributed by atoms with Gasteiger partial charge in [-0.2, -0.15) is 0 Å². The molecule has 262 valence electrons. The van der Waals surface area contributed by atoms with Gasteiger partial charge in [-0.1, -0.05) is 36.7 Å². The van der Waals surface area contributed by atoms with Crippen LogP contribution in [0, 0.1) is 24.7 Å². The fourth-order valence-electron chi connectivity index (χ4n) is 8.56. The third kappa shape index (κ3) is 6.40. The molecule has 9 nitrogen and oxygen atoms in total. The van der Waals surface area contributed by atoms with E-state index in [0.717, 1.165) is 48.5 Å². The van der Waals surface area contributed by atoms with Gasteiger partial charge in [0.1, 0.15) is 12.0 Å². The summed E-state index contributed by atoms with van der Waals surface area (Å²) in [6.45, 7) is 7.35. The topological polar surface area (TPSA) is 111 Å². The lowest BCUT2D eigenvalue weighted by molar-refractivity contribution is -0.0776. The number of sulfonamides is 1. The number of aryl methyl sites for hydroxylation is 2. The molecule has 11 heteroatoms. The Balaban J connectivity index is 1.34. The number of carbonyl (C=O) groups excluding carboxylic acids is 1. The number of halogens is 1. The quantitative estimate of drug-likeness (QED) is 0.296. The normalized spacial score (nSPS) is 31.8. The van der Waals surface area contributed by atoms with Crippen LogP contribution in [0.5, 0.6) is 5.75 Å². The van der Waals surface area contributed by atoms with Gasteiger partial charge in [0.05, 0.1) is 35.3 Å². The number of benzene rings is 2. The predicted molar refractivity (Wildman–Crippen MR) is 190 cm³/mol. The zero-order valence-corrected chi connectivity index (χ0v) is 30.3. The van der Waals surface area contributed by atoms with Crippen LogP contribution in [0.2, 0.25) is 5.02 Å². The fraction of sp³-hybridized carbons (Fsp3) is 0.526. The number of hydrogen-bond acceptors (Lipinski definition) is 8. The Morgan fingerprint density at radius 1 is 1.16 bits per heavy atom. The molecule has 49 heavy (non-hydrogen) atoms. The summed E-state index contributed by atoms with van der Waals surface area (Å²) in [6, 6.07) is 11.5. The molecular weight excluding hydrogens is 662 g/mol. The third-order valence-electron chi connectivity index (χ3n) is 11.7. The molecule has 2 bridgehead atoms. The molecule has 1 aromatic heterocycles. The van der Waals surface area contributed by atoms with Crippen molar-refractivity contribution < 1.29 is 27.1 Å². The first-order valence-electron chi connectivity index (χ1n) is 17.4. The number of methoxy groups -OCH3 is 1. The molecule has 3 aromatic rings. The standard InChI is InChI=1S/C38H46ClN3O6S/c1-24-7-5-16-38(46-4,19-35-40-25(2)21-47-35)32-12-9-29(32)20-42-22-37(15-6-8-27-17-30(39)11-13-31(27)37)23-48-34-14-10-28(18-33(34)42)36(43)41-49(44,45)26(24)3/h5,10-11,13-14,16-18,21,24,26,29,32H,6-9,12,15,19-20,22-23H2,1-4H3,(H,41,43)/b16-5+/t24-,26+,29-,32+,37-,38+/m0/s1. The lowest BCUT2D eigenvalue weighted by Crippen LogP contribution is -2.54. The second-order valence-electron chi connectivity index (χ2n) is 14.7. The Bertz CT molecular complexity index is 1880. The van der Waals surface area contributed by atoms with E-state index in [1.165, 1.54) is 11.1 Å². The van der Waals surface area contributed by atoms with Gasteiger partial charge in [0.2, 0.25) is 10.0 Å². The maximum absolute atomic E-state index is 13.6. The van der Waals surface area contributed by atoms with Crippen LogP contribution in [0.4, 0.5) is 5.69 Å². The number of carbonyl (C=O) groups is 1. The molecule has 1 spiro atoms.